The van der Waals surface area contributed by atoms with Gasteiger partial charge in [-0.3, -0.25) is 4.79 Å². The molecule has 98 valence electrons. The van der Waals surface area contributed by atoms with Crippen molar-refractivity contribution >= 4 is 28.9 Å². The van der Waals surface area contributed by atoms with Crippen LogP contribution in [-0.4, -0.2) is 13.0 Å². The molecule has 0 unspecified atom stereocenters. The van der Waals surface area contributed by atoms with Gasteiger partial charge in [-0.05, 0) is 30.3 Å². The van der Waals surface area contributed by atoms with Crippen LogP contribution >= 0.6 is 11.6 Å². The van der Waals surface area contributed by atoms with E-state index in [2.05, 4.69) is 10.6 Å². The van der Waals surface area contributed by atoms with Crippen molar-refractivity contribution in [1.29, 1.82) is 0 Å². The van der Waals surface area contributed by atoms with Crippen LogP contribution in [0.2, 0.25) is 5.02 Å². The summed E-state index contributed by atoms with van der Waals surface area (Å²) in [6.07, 6.45) is 0. The van der Waals surface area contributed by atoms with Gasteiger partial charge in [0.25, 0.3) is 5.91 Å². The number of carbonyl (C=O) groups excluding carboxylic acids is 1. The number of carbonyl (C=O) groups is 1. The molecule has 0 aromatic heterocycles. The Balaban J connectivity index is 2.28. The molecule has 0 fully saturated rings. The van der Waals surface area contributed by atoms with E-state index in [0.29, 0.717) is 11.3 Å². The Kier molecular flexibility index (Phi) is 4.02. The molecule has 0 aliphatic rings. The second-order valence-electron chi connectivity index (χ2n) is 3.87. The lowest BCUT2D eigenvalue weighted by Gasteiger charge is -2.10. The van der Waals surface area contributed by atoms with E-state index in [9.17, 15) is 9.18 Å². The summed E-state index contributed by atoms with van der Waals surface area (Å²) in [4.78, 5) is 12.1. The number of hydrogen-bond acceptors (Lipinski definition) is 2. The van der Waals surface area contributed by atoms with E-state index in [1.807, 2.05) is 6.07 Å². The molecule has 0 heterocycles. The number of halogens is 2. The topological polar surface area (TPSA) is 41.1 Å². The Hall–Kier alpha value is -2.07. The fourth-order valence-electron chi connectivity index (χ4n) is 1.68. The van der Waals surface area contributed by atoms with E-state index in [4.69, 9.17) is 11.6 Å². The Morgan fingerprint density at radius 1 is 1.16 bits per heavy atom. The van der Waals surface area contributed by atoms with Crippen LogP contribution < -0.4 is 10.6 Å². The molecule has 2 aromatic rings. The highest BCUT2D eigenvalue weighted by Crippen LogP contribution is 2.24. The second kappa shape index (κ2) is 5.71. The van der Waals surface area contributed by atoms with E-state index in [0.717, 1.165) is 0 Å². The summed E-state index contributed by atoms with van der Waals surface area (Å²) < 4.78 is 13.1. The maximum atomic E-state index is 13.1. The normalized spacial score (nSPS) is 10.1. The van der Waals surface area contributed by atoms with Crippen molar-refractivity contribution in [3.8, 4) is 0 Å². The minimum absolute atomic E-state index is 0.248. The molecule has 2 rings (SSSR count). The predicted octanol–water partition coefficient (Wildman–Crippen LogP) is 3.77. The van der Waals surface area contributed by atoms with Crippen LogP contribution in [0.15, 0.2) is 42.5 Å². The minimum atomic E-state index is -0.457. The van der Waals surface area contributed by atoms with Gasteiger partial charge in [-0.2, -0.15) is 0 Å². The smallest absolute Gasteiger partial charge is 0.257 e. The van der Waals surface area contributed by atoms with Gasteiger partial charge in [0, 0.05) is 12.7 Å². The van der Waals surface area contributed by atoms with Crippen molar-refractivity contribution in [2.24, 2.45) is 0 Å². The van der Waals surface area contributed by atoms with Crippen LogP contribution in [0.1, 0.15) is 10.4 Å². The molecule has 2 N–H and O–H groups in total. The zero-order chi connectivity index (χ0) is 13.8. The van der Waals surface area contributed by atoms with Crippen LogP contribution in [0.4, 0.5) is 15.8 Å². The molecule has 0 radical (unpaired) electrons. The highest BCUT2D eigenvalue weighted by atomic mass is 35.5. The summed E-state index contributed by atoms with van der Waals surface area (Å²) in [5.74, 6) is -0.806. The lowest BCUT2D eigenvalue weighted by Crippen LogP contribution is -2.14. The number of hydrogen-bond donors (Lipinski definition) is 2. The Morgan fingerprint density at radius 3 is 2.63 bits per heavy atom. The monoisotopic (exact) mass is 278 g/mol. The molecule has 0 aliphatic carbocycles. The Morgan fingerprint density at radius 2 is 1.89 bits per heavy atom. The fraction of sp³-hybridized carbons (Fsp3) is 0.0714. The summed E-state index contributed by atoms with van der Waals surface area (Å²) in [5, 5.41) is 5.80. The average molecular weight is 279 g/mol. The van der Waals surface area contributed by atoms with Gasteiger partial charge in [-0.1, -0.05) is 23.7 Å². The third-order valence-electron chi connectivity index (χ3n) is 2.62. The number of benzene rings is 2. The molecule has 0 atom stereocenters. The minimum Gasteiger partial charge on any atom is -0.387 e. The number of amides is 1. The van der Waals surface area contributed by atoms with Gasteiger partial charge >= 0.3 is 0 Å². The molecule has 0 spiro atoms. The van der Waals surface area contributed by atoms with Gasteiger partial charge in [0.15, 0.2) is 0 Å². The van der Waals surface area contributed by atoms with E-state index in [-0.39, 0.29) is 16.6 Å². The van der Waals surface area contributed by atoms with Crippen LogP contribution in [0, 0.1) is 5.82 Å². The molecule has 5 heteroatoms. The first-order valence-electron chi connectivity index (χ1n) is 5.65. The summed E-state index contributed by atoms with van der Waals surface area (Å²) in [5.41, 5.74) is 1.40. The first kappa shape index (κ1) is 13.4. The van der Waals surface area contributed by atoms with Crippen LogP contribution in [0.25, 0.3) is 0 Å². The van der Waals surface area contributed by atoms with E-state index >= 15 is 0 Å². The summed E-state index contributed by atoms with van der Waals surface area (Å²) in [6, 6.07) is 10.8. The SMILES string of the molecule is CNc1ccccc1C(=O)Nc1cc(F)ccc1Cl. The quantitative estimate of drug-likeness (QED) is 0.897. The lowest BCUT2D eigenvalue weighted by atomic mass is 10.1. The highest BCUT2D eigenvalue weighted by molar-refractivity contribution is 6.34. The summed E-state index contributed by atoms with van der Waals surface area (Å²) >= 11 is 5.90. The van der Waals surface area contributed by atoms with E-state index in [1.165, 1.54) is 18.2 Å². The van der Waals surface area contributed by atoms with Gasteiger partial charge in [0.05, 0.1) is 16.3 Å². The Bertz CT molecular complexity index is 616. The first-order valence-corrected chi connectivity index (χ1v) is 6.03. The standard InChI is InChI=1S/C14H12ClFN2O/c1-17-12-5-3-2-4-10(12)14(19)18-13-8-9(16)6-7-11(13)15/h2-8,17H,1H3,(H,18,19). The van der Waals surface area contributed by atoms with Gasteiger partial charge < -0.3 is 10.6 Å². The lowest BCUT2D eigenvalue weighted by molar-refractivity contribution is 0.102. The second-order valence-corrected chi connectivity index (χ2v) is 4.28. The molecule has 3 nitrogen and oxygen atoms in total. The molecule has 0 saturated heterocycles. The van der Waals surface area contributed by atoms with Gasteiger partial charge in [-0.15, -0.1) is 0 Å². The van der Waals surface area contributed by atoms with Crippen molar-refractivity contribution in [2.75, 3.05) is 17.7 Å². The molecule has 0 bridgehead atoms. The largest absolute Gasteiger partial charge is 0.387 e. The van der Waals surface area contributed by atoms with Crippen molar-refractivity contribution in [3.63, 3.8) is 0 Å². The third kappa shape index (κ3) is 3.03. The van der Waals surface area contributed by atoms with Crippen molar-refractivity contribution < 1.29 is 9.18 Å². The first-order chi connectivity index (χ1) is 9.11. The van der Waals surface area contributed by atoms with Crippen LogP contribution in [0.3, 0.4) is 0 Å². The zero-order valence-corrected chi connectivity index (χ0v) is 11.0. The number of anilines is 2. The van der Waals surface area contributed by atoms with Crippen molar-refractivity contribution in [1.82, 2.24) is 0 Å². The van der Waals surface area contributed by atoms with Gasteiger partial charge in [0.2, 0.25) is 0 Å². The molecule has 0 aliphatic heterocycles. The molecule has 1 amide bonds. The predicted molar refractivity (Wildman–Crippen MR) is 75.4 cm³/mol. The fourth-order valence-corrected chi connectivity index (χ4v) is 1.85. The molecule has 19 heavy (non-hydrogen) atoms. The zero-order valence-electron chi connectivity index (χ0n) is 10.2. The summed E-state index contributed by atoms with van der Waals surface area (Å²) in [7, 11) is 1.72. The van der Waals surface area contributed by atoms with E-state index < -0.39 is 5.82 Å². The third-order valence-corrected chi connectivity index (χ3v) is 2.95. The average Bonchev–Trinajstić information content (AvgIpc) is 2.42. The van der Waals surface area contributed by atoms with Crippen molar-refractivity contribution in [3.05, 3.63) is 58.9 Å². The Labute approximate surface area is 115 Å². The number of nitrogens with one attached hydrogen (secondary N) is 2. The number of para-hydroxylation sites is 1. The molecule has 0 saturated carbocycles. The van der Waals surface area contributed by atoms with Gasteiger partial charge in [-0.25, -0.2) is 4.39 Å². The maximum absolute atomic E-state index is 13.1. The van der Waals surface area contributed by atoms with E-state index in [1.54, 1.807) is 25.2 Å². The maximum Gasteiger partial charge on any atom is 0.257 e. The number of rotatable bonds is 3. The van der Waals surface area contributed by atoms with Crippen LogP contribution in [0.5, 0.6) is 0 Å². The summed E-state index contributed by atoms with van der Waals surface area (Å²) in [6.45, 7) is 0. The highest BCUT2D eigenvalue weighted by Gasteiger charge is 2.12. The van der Waals surface area contributed by atoms with Crippen LogP contribution in [-0.2, 0) is 0 Å². The molecule has 2 aromatic carbocycles. The van der Waals surface area contributed by atoms with Gasteiger partial charge in [0.1, 0.15) is 5.82 Å². The van der Waals surface area contributed by atoms with Crippen molar-refractivity contribution in [2.45, 2.75) is 0 Å². The molecular formula is C14H12ClFN2O. The molecular weight excluding hydrogens is 267 g/mol.